The Kier molecular flexibility index (Phi) is 5.92. The van der Waals surface area contributed by atoms with Gasteiger partial charge < -0.3 is 20.5 Å². The maximum Gasteiger partial charge on any atom is 0.272 e. The van der Waals surface area contributed by atoms with Crippen molar-refractivity contribution < 1.29 is 14.4 Å². The minimum absolute atomic E-state index is 0.223. The minimum Gasteiger partial charge on any atom is -0.361 e. The zero-order valence-electron chi connectivity index (χ0n) is 16.5. The summed E-state index contributed by atoms with van der Waals surface area (Å²) in [7, 11) is 3.26. The molecule has 2 aromatic heterocycles. The molecule has 3 aromatic rings. The average molecular weight is 393 g/mol. The third-order valence-electron chi connectivity index (χ3n) is 4.45. The number of hydrogen-bond acceptors (Lipinski definition) is 4. The number of carbonyl (C=O) groups is 3. The van der Waals surface area contributed by atoms with Gasteiger partial charge in [-0.3, -0.25) is 19.4 Å². The molecule has 29 heavy (non-hydrogen) atoms. The van der Waals surface area contributed by atoms with Gasteiger partial charge in [-0.2, -0.15) is 0 Å². The molecule has 0 spiro atoms. The van der Waals surface area contributed by atoms with Crippen LogP contribution in [0.15, 0.2) is 48.8 Å². The lowest BCUT2D eigenvalue weighted by Crippen LogP contribution is -2.44. The molecule has 0 aliphatic rings. The lowest BCUT2D eigenvalue weighted by molar-refractivity contribution is -0.125. The highest BCUT2D eigenvalue weighted by molar-refractivity contribution is 5.99. The van der Waals surface area contributed by atoms with Crippen LogP contribution in [0.25, 0.3) is 10.9 Å². The van der Waals surface area contributed by atoms with Crippen molar-refractivity contribution in [3.8, 4) is 0 Å². The molecule has 0 saturated heterocycles. The third kappa shape index (κ3) is 4.78. The molecule has 1 aromatic carbocycles. The van der Waals surface area contributed by atoms with Crippen LogP contribution in [0.4, 0.5) is 5.69 Å². The fourth-order valence-corrected chi connectivity index (χ4v) is 3.06. The Morgan fingerprint density at radius 1 is 1.17 bits per heavy atom. The van der Waals surface area contributed by atoms with Crippen LogP contribution in [-0.4, -0.2) is 52.7 Å². The van der Waals surface area contributed by atoms with Crippen LogP contribution in [0.3, 0.4) is 0 Å². The maximum atomic E-state index is 12.9. The van der Waals surface area contributed by atoms with Gasteiger partial charge in [0.25, 0.3) is 5.91 Å². The number of amides is 3. The Morgan fingerprint density at radius 3 is 2.66 bits per heavy atom. The zero-order valence-corrected chi connectivity index (χ0v) is 16.5. The summed E-state index contributed by atoms with van der Waals surface area (Å²) < 4.78 is 0. The second kappa shape index (κ2) is 8.55. The van der Waals surface area contributed by atoms with E-state index in [-0.39, 0.29) is 23.4 Å². The van der Waals surface area contributed by atoms with Gasteiger partial charge in [0.05, 0.1) is 0 Å². The van der Waals surface area contributed by atoms with Gasteiger partial charge in [-0.05, 0) is 23.8 Å². The molecular formula is C21H23N5O3. The van der Waals surface area contributed by atoms with Crippen LogP contribution in [-0.2, 0) is 16.0 Å². The first kappa shape index (κ1) is 20.1. The lowest BCUT2D eigenvalue weighted by Gasteiger charge is -2.18. The zero-order chi connectivity index (χ0) is 21.0. The van der Waals surface area contributed by atoms with Gasteiger partial charge in [-0.15, -0.1) is 0 Å². The molecule has 3 N–H and O–H groups in total. The van der Waals surface area contributed by atoms with E-state index in [2.05, 4.69) is 20.6 Å². The number of nitrogens with one attached hydrogen (secondary N) is 3. The van der Waals surface area contributed by atoms with Crippen LogP contribution in [0.5, 0.6) is 0 Å². The summed E-state index contributed by atoms with van der Waals surface area (Å²) in [4.78, 5) is 45.2. The summed E-state index contributed by atoms with van der Waals surface area (Å²) >= 11 is 0. The van der Waals surface area contributed by atoms with E-state index < -0.39 is 6.04 Å². The van der Waals surface area contributed by atoms with Crippen molar-refractivity contribution in [2.24, 2.45) is 0 Å². The number of hydrogen-bond donors (Lipinski definition) is 3. The quantitative estimate of drug-likeness (QED) is 0.595. The highest BCUT2D eigenvalue weighted by Crippen LogP contribution is 2.20. The van der Waals surface area contributed by atoms with Crippen molar-refractivity contribution in [3.05, 3.63) is 60.0 Å². The summed E-state index contributed by atoms with van der Waals surface area (Å²) in [5, 5.41) is 6.47. The van der Waals surface area contributed by atoms with Crippen LogP contribution in [0.2, 0.25) is 0 Å². The summed E-state index contributed by atoms with van der Waals surface area (Å²) in [5.74, 6) is -0.943. The molecule has 3 amide bonds. The standard InChI is InChI=1S/C21H23N5O3/c1-13(27)24-18(10-14-12-23-17-7-5-4-6-16(14)17)20(28)25-15-8-9-22-19(11-15)21(29)26(2)3/h4-9,11-12,18,23H,10H2,1-3H3,(H,24,27)(H,22,25,28). The first-order chi connectivity index (χ1) is 13.8. The molecule has 1 unspecified atom stereocenters. The van der Waals surface area contributed by atoms with Crippen LogP contribution in [0, 0.1) is 0 Å². The Bertz CT molecular complexity index is 1060. The van der Waals surface area contributed by atoms with Gasteiger partial charge >= 0.3 is 0 Å². The topological polar surface area (TPSA) is 107 Å². The van der Waals surface area contributed by atoms with Crippen LogP contribution < -0.4 is 10.6 Å². The molecule has 0 bridgehead atoms. The Hall–Kier alpha value is -3.68. The maximum absolute atomic E-state index is 12.9. The summed E-state index contributed by atoms with van der Waals surface area (Å²) in [5.41, 5.74) is 2.54. The van der Waals surface area contributed by atoms with Gasteiger partial charge in [0.2, 0.25) is 11.8 Å². The highest BCUT2D eigenvalue weighted by Gasteiger charge is 2.22. The second-order valence-corrected chi connectivity index (χ2v) is 6.94. The molecule has 0 radical (unpaired) electrons. The van der Waals surface area contributed by atoms with Crippen LogP contribution in [0.1, 0.15) is 23.0 Å². The number of benzene rings is 1. The number of fused-ring (bicyclic) bond motifs is 1. The van der Waals surface area contributed by atoms with E-state index in [4.69, 9.17) is 0 Å². The van der Waals surface area contributed by atoms with Gasteiger partial charge in [0.15, 0.2) is 0 Å². The molecule has 8 heteroatoms. The van der Waals surface area contributed by atoms with Crippen molar-refractivity contribution in [1.82, 2.24) is 20.2 Å². The van der Waals surface area contributed by atoms with Gasteiger partial charge in [0.1, 0.15) is 11.7 Å². The number of anilines is 1. The predicted molar refractivity (Wildman–Crippen MR) is 110 cm³/mol. The van der Waals surface area contributed by atoms with Gasteiger partial charge in [-0.25, -0.2) is 0 Å². The number of aromatic amines is 1. The Morgan fingerprint density at radius 2 is 1.93 bits per heavy atom. The molecule has 3 rings (SSSR count). The van der Waals surface area contributed by atoms with Crippen molar-refractivity contribution in [2.75, 3.05) is 19.4 Å². The molecule has 0 saturated carbocycles. The first-order valence-electron chi connectivity index (χ1n) is 9.16. The van der Waals surface area contributed by atoms with Gasteiger partial charge in [0, 0.05) is 56.4 Å². The van der Waals surface area contributed by atoms with E-state index >= 15 is 0 Å². The second-order valence-electron chi connectivity index (χ2n) is 6.94. The van der Waals surface area contributed by atoms with E-state index in [0.717, 1.165) is 16.5 Å². The van der Waals surface area contributed by atoms with E-state index in [1.165, 1.54) is 24.1 Å². The largest absolute Gasteiger partial charge is 0.361 e. The Balaban J connectivity index is 1.80. The third-order valence-corrected chi connectivity index (χ3v) is 4.45. The molecule has 150 valence electrons. The molecule has 1 atom stereocenters. The normalized spacial score (nSPS) is 11.7. The van der Waals surface area contributed by atoms with Crippen molar-refractivity contribution in [2.45, 2.75) is 19.4 Å². The number of rotatable bonds is 6. The number of carbonyl (C=O) groups excluding carboxylic acids is 3. The minimum atomic E-state index is -0.770. The number of pyridine rings is 1. The molecule has 2 heterocycles. The molecular weight excluding hydrogens is 370 g/mol. The summed E-state index contributed by atoms with van der Waals surface area (Å²) in [6.07, 6.45) is 3.62. The number of H-pyrrole nitrogens is 1. The number of aromatic nitrogens is 2. The van der Waals surface area contributed by atoms with E-state index in [1.54, 1.807) is 20.2 Å². The molecule has 0 fully saturated rings. The van der Waals surface area contributed by atoms with Crippen molar-refractivity contribution >= 4 is 34.3 Å². The number of nitrogens with zero attached hydrogens (tertiary/aromatic N) is 2. The highest BCUT2D eigenvalue weighted by atomic mass is 16.2. The fourth-order valence-electron chi connectivity index (χ4n) is 3.06. The summed E-state index contributed by atoms with van der Waals surface area (Å²) in [6.45, 7) is 1.37. The smallest absolute Gasteiger partial charge is 0.272 e. The van der Waals surface area contributed by atoms with Crippen molar-refractivity contribution in [3.63, 3.8) is 0 Å². The van der Waals surface area contributed by atoms with Crippen molar-refractivity contribution in [1.29, 1.82) is 0 Å². The van der Waals surface area contributed by atoms with Crippen LogP contribution >= 0.6 is 0 Å². The number of para-hydroxylation sites is 1. The summed E-state index contributed by atoms with van der Waals surface area (Å²) in [6, 6.07) is 10.1. The average Bonchev–Trinajstić information content (AvgIpc) is 3.09. The first-order valence-corrected chi connectivity index (χ1v) is 9.16. The molecule has 8 nitrogen and oxygen atoms in total. The lowest BCUT2D eigenvalue weighted by atomic mass is 10.0. The fraction of sp³-hybridized carbons (Fsp3) is 0.238. The molecule has 0 aliphatic carbocycles. The van der Waals surface area contributed by atoms with E-state index in [9.17, 15) is 14.4 Å². The van der Waals surface area contributed by atoms with E-state index in [0.29, 0.717) is 12.1 Å². The predicted octanol–water partition coefficient (Wildman–Crippen LogP) is 1.95. The SMILES string of the molecule is CC(=O)NC(Cc1c[nH]c2ccccc12)C(=O)Nc1ccnc(C(=O)N(C)C)c1. The Labute approximate surface area is 168 Å². The molecule has 0 aliphatic heterocycles. The van der Waals surface area contributed by atoms with Gasteiger partial charge in [-0.1, -0.05) is 18.2 Å². The monoisotopic (exact) mass is 393 g/mol. The van der Waals surface area contributed by atoms with E-state index in [1.807, 2.05) is 30.5 Å².